The Hall–Kier alpha value is -1.60. The van der Waals surface area contributed by atoms with E-state index >= 15 is 0 Å². The molecule has 4 nitrogen and oxygen atoms in total. The number of halogens is 2. The fraction of sp³-hybridized carbons (Fsp3) is 0.0667. The molecule has 0 aliphatic carbocycles. The van der Waals surface area contributed by atoms with Gasteiger partial charge in [-0.25, -0.2) is 0 Å². The second kappa shape index (κ2) is 6.03. The maximum Gasteiger partial charge on any atom is 0.230 e. The molecule has 3 rings (SSSR count). The highest BCUT2D eigenvalue weighted by Gasteiger charge is 2.13. The van der Waals surface area contributed by atoms with Crippen LogP contribution in [-0.4, -0.2) is 11.1 Å². The Labute approximate surface area is 139 Å². The summed E-state index contributed by atoms with van der Waals surface area (Å²) in [7, 11) is 0. The molecule has 0 aliphatic rings. The van der Waals surface area contributed by atoms with Crippen molar-refractivity contribution in [3.05, 3.63) is 56.8 Å². The second-order valence-electron chi connectivity index (χ2n) is 4.47. The molecule has 2 aromatic carbocycles. The smallest absolute Gasteiger partial charge is 0.230 e. The lowest BCUT2D eigenvalue weighted by Gasteiger charge is -2.06. The molecule has 0 unspecified atom stereocenters. The van der Waals surface area contributed by atoms with Crippen molar-refractivity contribution in [2.75, 3.05) is 5.32 Å². The molecule has 0 saturated heterocycles. The van der Waals surface area contributed by atoms with Gasteiger partial charge >= 0.3 is 0 Å². The lowest BCUT2D eigenvalue weighted by atomic mass is 10.1. The molecule has 6 heteroatoms. The number of amides is 1. The summed E-state index contributed by atoms with van der Waals surface area (Å²) in [5.74, 6) is -0.144. The molecule has 3 aromatic rings. The minimum atomic E-state index is -0.144. The number of para-hydroxylation sites is 1. The van der Waals surface area contributed by atoms with Crippen LogP contribution in [0.25, 0.3) is 11.0 Å². The first kappa shape index (κ1) is 14.3. The number of rotatable bonds is 3. The zero-order valence-electron chi connectivity index (χ0n) is 10.8. The molecule has 1 aromatic heterocycles. The van der Waals surface area contributed by atoms with Gasteiger partial charge in [0.2, 0.25) is 5.91 Å². The van der Waals surface area contributed by atoms with Gasteiger partial charge in [0, 0.05) is 14.0 Å². The van der Waals surface area contributed by atoms with Crippen molar-refractivity contribution < 1.29 is 9.32 Å². The molecule has 21 heavy (non-hydrogen) atoms. The van der Waals surface area contributed by atoms with E-state index in [-0.39, 0.29) is 12.3 Å². The summed E-state index contributed by atoms with van der Waals surface area (Å²) in [5.41, 5.74) is 2.05. The van der Waals surface area contributed by atoms with E-state index in [1.807, 2.05) is 24.3 Å². The van der Waals surface area contributed by atoms with Gasteiger partial charge in [-0.3, -0.25) is 4.79 Å². The predicted octanol–water partition coefficient (Wildman–Crippen LogP) is 4.27. The lowest BCUT2D eigenvalue weighted by molar-refractivity contribution is -0.115. The Morgan fingerprint density at radius 1 is 1.29 bits per heavy atom. The number of hydrogen-bond donors (Lipinski definition) is 1. The van der Waals surface area contributed by atoms with Gasteiger partial charge in [-0.15, -0.1) is 0 Å². The number of benzene rings is 2. The topological polar surface area (TPSA) is 55.1 Å². The normalized spacial score (nSPS) is 10.8. The molecule has 0 fully saturated rings. The van der Waals surface area contributed by atoms with Crippen LogP contribution in [0.2, 0.25) is 5.02 Å². The maximum atomic E-state index is 12.1. The zero-order valence-corrected chi connectivity index (χ0v) is 13.7. The Morgan fingerprint density at radius 3 is 2.90 bits per heavy atom. The highest BCUT2D eigenvalue weighted by molar-refractivity contribution is 14.1. The summed E-state index contributed by atoms with van der Waals surface area (Å²) in [6, 6.07) is 12.8. The van der Waals surface area contributed by atoms with Crippen molar-refractivity contribution >= 4 is 56.8 Å². The number of nitrogens with zero attached hydrogens (tertiary/aromatic N) is 1. The SMILES string of the molecule is O=C(Cc1noc2ccccc12)Nc1ccc(Cl)cc1I. The first-order valence-corrected chi connectivity index (χ1v) is 7.67. The molecule has 0 radical (unpaired) electrons. The molecule has 0 bridgehead atoms. The van der Waals surface area contributed by atoms with Crippen LogP contribution in [0.5, 0.6) is 0 Å². The fourth-order valence-corrected chi connectivity index (χ4v) is 3.01. The van der Waals surface area contributed by atoms with Crippen LogP contribution in [0.1, 0.15) is 5.69 Å². The highest BCUT2D eigenvalue weighted by Crippen LogP contribution is 2.23. The molecule has 106 valence electrons. The number of aromatic nitrogens is 1. The summed E-state index contributed by atoms with van der Waals surface area (Å²) in [6.45, 7) is 0. The standard InChI is InChI=1S/C15H10ClIN2O2/c16-9-5-6-12(11(17)7-9)18-15(20)8-13-10-3-1-2-4-14(10)21-19-13/h1-7H,8H2,(H,18,20). The van der Waals surface area contributed by atoms with Crippen LogP contribution in [0, 0.1) is 3.57 Å². The number of hydrogen-bond acceptors (Lipinski definition) is 3. The summed E-state index contributed by atoms with van der Waals surface area (Å²) < 4.78 is 6.08. The number of anilines is 1. The van der Waals surface area contributed by atoms with E-state index in [2.05, 4.69) is 33.1 Å². The van der Waals surface area contributed by atoms with Gasteiger partial charge < -0.3 is 9.84 Å². The number of carbonyl (C=O) groups is 1. The zero-order chi connectivity index (χ0) is 14.8. The molecular formula is C15H10ClIN2O2. The third-order valence-corrected chi connectivity index (χ3v) is 4.11. The first-order chi connectivity index (χ1) is 10.1. The lowest BCUT2D eigenvalue weighted by Crippen LogP contribution is -2.15. The van der Waals surface area contributed by atoms with E-state index < -0.39 is 0 Å². The van der Waals surface area contributed by atoms with Gasteiger partial charge in [0.25, 0.3) is 0 Å². The van der Waals surface area contributed by atoms with Gasteiger partial charge in [-0.1, -0.05) is 28.9 Å². The van der Waals surface area contributed by atoms with Crippen LogP contribution >= 0.6 is 34.2 Å². The highest BCUT2D eigenvalue weighted by atomic mass is 127. The summed E-state index contributed by atoms with van der Waals surface area (Å²) in [5, 5.41) is 8.31. The Balaban J connectivity index is 1.77. The van der Waals surface area contributed by atoms with Crippen molar-refractivity contribution in [1.82, 2.24) is 5.16 Å². The molecule has 0 saturated carbocycles. The van der Waals surface area contributed by atoms with Gasteiger partial charge in [-0.05, 0) is 52.9 Å². The third kappa shape index (κ3) is 3.19. The molecule has 0 spiro atoms. The summed E-state index contributed by atoms with van der Waals surface area (Å²) >= 11 is 8.02. The van der Waals surface area contributed by atoms with Gasteiger partial charge in [0.15, 0.2) is 5.58 Å². The molecule has 1 N–H and O–H groups in total. The van der Waals surface area contributed by atoms with E-state index in [1.54, 1.807) is 18.2 Å². The van der Waals surface area contributed by atoms with Crippen LogP contribution in [0.15, 0.2) is 47.0 Å². The Bertz CT molecular complexity index is 816. The Morgan fingerprint density at radius 2 is 2.10 bits per heavy atom. The van der Waals surface area contributed by atoms with Crippen LogP contribution in [0.3, 0.4) is 0 Å². The van der Waals surface area contributed by atoms with E-state index in [9.17, 15) is 4.79 Å². The second-order valence-corrected chi connectivity index (χ2v) is 6.07. The third-order valence-electron chi connectivity index (χ3n) is 2.99. The summed E-state index contributed by atoms with van der Waals surface area (Å²) in [6.07, 6.45) is 0.162. The van der Waals surface area contributed by atoms with Crippen molar-refractivity contribution in [2.24, 2.45) is 0 Å². The minimum Gasteiger partial charge on any atom is -0.356 e. The quantitative estimate of drug-likeness (QED) is 0.654. The maximum absolute atomic E-state index is 12.1. The molecule has 1 amide bonds. The van der Waals surface area contributed by atoms with Crippen LogP contribution in [0.4, 0.5) is 5.69 Å². The summed E-state index contributed by atoms with van der Waals surface area (Å²) in [4.78, 5) is 12.1. The number of nitrogens with one attached hydrogen (secondary N) is 1. The van der Waals surface area contributed by atoms with Crippen LogP contribution in [-0.2, 0) is 11.2 Å². The number of carbonyl (C=O) groups excluding carboxylic acids is 1. The van der Waals surface area contributed by atoms with E-state index in [0.29, 0.717) is 16.3 Å². The van der Waals surface area contributed by atoms with Crippen molar-refractivity contribution in [3.63, 3.8) is 0 Å². The van der Waals surface area contributed by atoms with Crippen molar-refractivity contribution in [3.8, 4) is 0 Å². The average molecular weight is 413 g/mol. The first-order valence-electron chi connectivity index (χ1n) is 6.21. The van der Waals surface area contributed by atoms with E-state index in [4.69, 9.17) is 16.1 Å². The van der Waals surface area contributed by atoms with Gasteiger partial charge in [0.1, 0.15) is 5.69 Å². The van der Waals surface area contributed by atoms with E-state index in [0.717, 1.165) is 14.6 Å². The fourth-order valence-electron chi connectivity index (χ4n) is 2.00. The molecule has 0 aliphatic heterocycles. The Kier molecular flexibility index (Phi) is 4.12. The predicted molar refractivity (Wildman–Crippen MR) is 90.5 cm³/mol. The molecule has 1 heterocycles. The van der Waals surface area contributed by atoms with Gasteiger partial charge in [0.05, 0.1) is 12.1 Å². The van der Waals surface area contributed by atoms with E-state index in [1.165, 1.54) is 0 Å². The van der Waals surface area contributed by atoms with Crippen LogP contribution < -0.4 is 5.32 Å². The monoisotopic (exact) mass is 412 g/mol. The van der Waals surface area contributed by atoms with Gasteiger partial charge in [-0.2, -0.15) is 0 Å². The minimum absolute atomic E-state index is 0.144. The largest absolute Gasteiger partial charge is 0.356 e. The average Bonchev–Trinajstić information content (AvgIpc) is 2.85. The van der Waals surface area contributed by atoms with Crippen molar-refractivity contribution in [2.45, 2.75) is 6.42 Å². The number of fused-ring (bicyclic) bond motifs is 1. The van der Waals surface area contributed by atoms with Crippen molar-refractivity contribution in [1.29, 1.82) is 0 Å². The molecular weight excluding hydrogens is 403 g/mol. The molecule has 0 atom stereocenters.